The number of aromatic nitrogens is 1. The van der Waals surface area contributed by atoms with Gasteiger partial charge in [-0.1, -0.05) is 26.8 Å². The van der Waals surface area contributed by atoms with E-state index in [1.54, 1.807) is 4.90 Å². The minimum atomic E-state index is 0.536. The van der Waals surface area contributed by atoms with Gasteiger partial charge in [0, 0.05) is 36.2 Å². The third-order valence-electron chi connectivity index (χ3n) is 4.83. The summed E-state index contributed by atoms with van der Waals surface area (Å²) in [5, 5.41) is 0. The molecular formula is C16H25N2+. The van der Waals surface area contributed by atoms with Crippen LogP contribution in [0.3, 0.4) is 0 Å². The van der Waals surface area contributed by atoms with E-state index in [4.69, 9.17) is 0 Å². The lowest BCUT2D eigenvalue weighted by Crippen LogP contribution is -3.12. The molecule has 2 aliphatic rings. The molecule has 0 aromatic carbocycles. The van der Waals surface area contributed by atoms with Crippen LogP contribution in [-0.4, -0.2) is 17.6 Å². The fourth-order valence-electron chi connectivity index (χ4n) is 4.72. The minimum Gasteiger partial charge on any atom is -0.328 e. The van der Waals surface area contributed by atoms with Gasteiger partial charge >= 0.3 is 0 Å². The van der Waals surface area contributed by atoms with Crippen molar-refractivity contribution >= 4 is 0 Å². The lowest BCUT2D eigenvalue weighted by Gasteiger charge is -2.37. The van der Waals surface area contributed by atoms with Crippen LogP contribution in [0.15, 0.2) is 24.5 Å². The number of quaternary nitrogens is 1. The second-order valence-electron chi connectivity index (χ2n) is 7.63. The van der Waals surface area contributed by atoms with Crippen molar-refractivity contribution in [2.24, 2.45) is 10.8 Å². The Morgan fingerprint density at radius 2 is 2.17 bits per heavy atom. The number of nitrogens with zero attached hydrogens (tertiary/aromatic N) is 1. The van der Waals surface area contributed by atoms with Crippen LogP contribution in [0, 0.1) is 10.8 Å². The zero-order chi connectivity index (χ0) is 12.8. The van der Waals surface area contributed by atoms with Gasteiger partial charge in [0.25, 0.3) is 0 Å². The number of pyridine rings is 1. The second-order valence-corrected chi connectivity index (χ2v) is 7.63. The molecule has 1 aliphatic carbocycles. The number of hydrogen-bond donors (Lipinski definition) is 1. The first kappa shape index (κ1) is 12.2. The van der Waals surface area contributed by atoms with Crippen molar-refractivity contribution in [3.63, 3.8) is 0 Å². The van der Waals surface area contributed by atoms with Gasteiger partial charge in [0.1, 0.15) is 6.54 Å². The van der Waals surface area contributed by atoms with Gasteiger partial charge < -0.3 is 4.90 Å². The highest BCUT2D eigenvalue weighted by Gasteiger charge is 2.52. The van der Waals surface area contributed by atoms with E-state index in [0.717, 1.165) is 12.6 Å². The first-order chi connectivity index (χ1) is 8.46. The van der Waals surface area contributed by atoms with Gasteiger partial charge in [-0.2, -0.15) is 0 Å². The van der Waals surface area contributed by atoms with E-state index in [1.807, 2.05) is 12.4 Å². The Bertz CT molecular complexity index is 426. The van der Waals surface area contributed by atoms with E-state index in [2.05, 4.69) is 37.9 Å². The Labute approximate surface area is 110 Å². The highest BCUT2D eigenvalue weighted by atomic mass is 15.2. The molecule has 1 N–H and O–H groups in total. The van der Waals surface area contributed by atoms with Crippen molar-refractivity contribution < 1.29 is 4.90 Å². The van der Waals surface area contributed by atoms with Crippen LogP contribution in [0.25, 0.3) is 0 Å². The zero-order valence-electron chi connectivity index (χ0n) is 11.9. The summed E-state index contributed by atoms with van der Waals surface area (Å²) in [6.07, 6.45) is 8.10. The first-order valence-electron chi connectivity index (χ1n) is 7.19. The van der Waals surface area contributed by atoms with Crippen molar-refractivity contribution in [3.8, 4) is 0 Å². The second kappa shape index (κ2) is 4.06. The van der Waals surface area contributed by atoms with E-state index >= 15 is 0 Å². The summed E-state index contributed by atoms with van der Waals surface area (Å²) in [4.78, 5) is 6.03. The smallest absolute Gasteiger partial charge is 0.105 e. The summed E-state index contributed by atoms with van der Waals surface area (Å²) in [7, 11) is 0. The fraction of sp³-hybridized carbons (Fsp3) is 0.688. The molecule has 1 aromatic heterocycles. The lowest BCUT2D eigenvalue weighted by atomic mass is 9.65. The van der Waals surface area contributed by atoms with E-state index in [9.17, 15) is 0 Å². The van der Waals surface area contributed by atoms with Crippen LogP contribution in [0.5, 0.6) is 0 Å². The fourth-order valence-corrected chi connectivity index (χ4v) is 4.72. The van der Waals surface area contributed by atoms with Gasteiger partial charge in [-0.05, 0) is 17.9 Å². The number of likely N-dealkylation sites (tertiary alicyclic amines) is 1. The zero-order valence-corrected chi connectivity index (χ0v) is 11.9. The van der Waals surface area contributed by atoms with Gasteiger partial charge in [0.2, 0.25) is 0 Å². The summed E-state index contributed by atoms with van der Waals surface area (Å²) in [5.41, 5.74) is 2.50. The summed E-state index contributed by atoms with van der Waals surface area (Å²) in [5.74, 6) is 0. The van der Waals surface area contributed by atoms with Crippen LogP contribution in [-0.2, 0) is 6.54 Å². The van der Waals surface area contributed by atoms with Crippen LogP contribution >= 0.6 is 0 Å². The van der Waals surface area contributed by atoms with Gasteiger partial charge in [-0.25, -0.2) is 0 Å². The molecule has 1 aromatic rings. The molecular weight excluding hydrogens is 220 g/mol. The molecule has 0 spiro atoms. The van der Waals surface area contributed by atoms with E-state index in [-0.39, 0.29) is 0 Å². The third kappa shape index (κ3) is 2.31. The van der Waals surface area contributed by atoms with E-state index in [1.165, 1.54) is 31.4 Å². The van der Waals surface area contributed by atoms with Crippen LogP contribution in [0.4, 0.5) is 0 Å². The van der Waals surface area contributed by atoms with Gasteiger partial charge in [-0.15, -0.1) is 0 Å². The summed E-state index contributed by atoms with van der Waals surface area (Å²) in [6.45, 7) is 9.90. The summed E-state index contributed by atoms with van der Waals surface area (Å²) < 4.78 is 0. The Morgan fingerprint density at radius 3 is 2.89 bits per heavy atom. The predicted molar refractivity (Wildman–Crippen MR) is 73.3 cm³/mol. The maximum Gasteiger partial charge on any atom is 0.105 e. The molecule has 2 bridgehead atoms. The minimum absolute atomic E-state index is 0.536. The molecule has 2 nitrogen and oxygen atoms in total. The van der Waals surface area contributed by atoms with Crippen LogP contribution in [0.1, 0.15) is 45.6 Å². The van der Waals surface area contributed by atoms with Crippen molar-refractivity contribution in [1.82, 2.24) is 4.98 Å². The number of hydrogen-bond acceptors (Lipinski definition) is 1. The Hall–Kier alpha value is -0.890. The normalized spacial score (nSPS) is 37.7. The highest BCUT2D eigenvalue weighted by Crippen LogP contribution is 2.47. The van der Waals surface area contributed by atoms with Crippen LogP contribution in [0.2, 0.25) is 0 Å². The standard InChI is InChI=1S/C16H24N2/c1-15(2)7-14-8-16(3,11-15)12-18(14)10-13-5-4-6-17-9-13/h4-6,9,14H,7-8,10-12H2,1-3H3/p+1/t14-,16-/m1/s1. The Kier molecular flexibility index (Phi) is 2.74. The molecule has 2 heteroatoms. The molecule has 98 valence electrons. The van der Waals surface area contributed by atoms with E-state index in [0.29, 0.717) is 10.8 Å². The maximum atomic E-state index is 4.24. The summed E-state index contributed by atoms with van der Waals surface area (Å²) in [6, 6.07) is 5.14. The monoisotopic (exact) mass is 245 g/mol. The van der Waals surface area contributed by atoms with Crippen molar-refractivity contribution in [1.29, 1.82) is 0 Å². The number of fused-ring (bicyclic) bond motifs is 2. The topological polar surface area (TPSA) is 17.3 Å². The molecule has 0 amide bonds. The molecule has 1 saturated heterocycles. The molecule has 3 atom stereocenters. The molecule has 0 radical (unpaired) electrons. The molecule has 1 aliphatic heterocycles. The van der Waals surface area contributed by atoms with Gasteiger partial charge in [-0.3, -0.25) is 4.98 Å². The number of nitrogens with one attached hydrogen (secondary N) is 1. The molecule has 2 fully saturated rings. The van der Waals surface area contributed by atoms with Crippen molar-refractivity contribution in [2.45, 2.75) is 52.6 Å². The quantitative estimate of drug-likeness (QED) is 0.844. The average molecular weight is 245 g/mol. The predicted octanol–water partition coefficient (Wildman–Crippen LogP) is 2.07. The SMILES string of the molecule is CC1(C)C[C@@H]2C[C@@](C)(C[NH+]2Cc2cccnc2)C1. The summed E-state index contributed by atoms with van der Waals surface area (Å²) >= 11 is 0. The third-order valence-corrected chi connectivity index (χ3v) is 4.83. The van der Waals surface area contributed by atoms with E-state index < -0.39 is 0 Å². The molecule has 18 heavy (non-hydrogen) atoms. The van der Waals surface area contributed by atoms with Gasteiger partial charge in [0.15, 0.2) is 0 Å². The Morgan fingerprint density at radius 1 is 1.33 bits per heavy atom. The van der Waals surface area contributed by atoms with Crippen LogP contribution < -0.4 is 4.90 Å². The molecule has 1 saturated carbocycles. The van der Waals surface area contributed by atoms with Crippen molar-refractivity contribution in [3.05, 3.63) is 30.1 Å². The number of rotatable bonds is 2. The lowest BCUT2D eigenvalue weighted by molar-refractivity contribution is -0.928. The largest absolute Gasteiger partial charge is 0.328 e. The average Bonchev–Trinajstić information content (AvgIpc) is 2.49. The first-order valence-corrected chi connectivity index (χ1v) is 7.19. The Balaban J connectivity index is 1.76. The molecule has 2 heterocycles. The molecule has 1 unspecified atom stereocenters. The highest BCUT2D eigenvalue weighted by molar-refractivity contribution is 5.07. The van der Waals surface area contributed by atoms with Gasteiger partial charge in [0.05, 0.1) is 12.6 Å². The maximum absolute atomic E-state index is 4.24. The van der Waals surface area contributed by atoms with Crippen molar-refractivity contribution in [2.75, 3.05) is 6.54 Å². The molecule has 3 rings (SSSR count).